The summed E-state index contributed by atoms with van der Waals surface area (Å²) in [6.07, 6.45) is 0. The van der Waals surface area contributed by atoms with E-state index in [1.165, 1.54) is 0 Å². The maximum absolute atomic E-state index is 13.6. The van der Waals surface area contributed by atoms with Crippen molar-refractivity contribution in [3.8, 4) is 5.75 Å². The monoisotopic (exact) mass is 513 g/mol. The van der Waals surface area contributed by atoms with Gasteiger partial charge in [-0.25, -0.2) is 8.42 Å². The van der Waals surface area contributed by atoms with Crippen molar-refractivity contribution in [2.24, 2.45) is 0 Å². The van der Waals surface area contributed by atoms with Gasteiger partial charge in [0, 0.05) is 31.2 Å². The molecule has 1 aliphatic rings. The van der Waals surface area contributed by atoms with Crippen LogP contribution < -0.4 is 13.9 Å². The van der Waals surface area contributed by atoms with Gasteiger partial charge >= 0.3 is 0 Å². The molecule has 0 bridgehead atoms. The Kier molecular flexibility index (Phi) is 7.52. The van der Waals surface area contributed by atoms with Crippen LogP contribution in [0, 0.1) is 6.92 Å². The number of para-hydroxylation sites is 2. The van der Waals surface area contributed by atoms with Crippen LogP contribution in [-0.4, -0.2) is 59.1 Å². The van der Waals surface area contributed by atoms with Crippen molar-refractivity contribution in [1.82, 2.24) is 4.90 Å². The van der Waals surface area contributed by atoms with Crippen LogP contribution in [-0.2, 0) is 14.8 Å². The van der Waals surface area contributed by atoms with E-state index in [1.807, 2.05) is 31.2 Å². The number of anilines is 2. The van der Waals surface area contributed by atoms with Crippen LogP contribution in [0.3, 0.4) is 0 Å². The number of carbonyl (C=O) groups excluding carboxylic acids is 1. The Labute approximate surface area is 211 Å². The van der Waals surface area contributed by atoms with Crippen molar-refractivity contribution in [2.75, 3.05) is 49.0 Å². The average Bonchev–Trinajstić information content (AvgIpc) is 2.88. The zero-order chi connectivity index (χ0) is 25.0. The number of sulfonamides is 1. The number of amides is 1. The molecular formula is C26H28ClN3O4S. The predicted molar refractivity (Wildman–Crippen MR) is 139 cm³/mol. The fraction of sp³-hybridized carbons (Fsp3) is 0.269. The molecule has 1 fully saturated rings. The van der Waals surface area contributed by atoms with E-state index in [4.69, 9.17) is 16.3 Å². The highest BCUT2D eigenvalue weighted by molar-refractivity contribution is 7.92. The van der Waals surface area contributed by atoms with E-state index in [2.05, 4.69) is 4.90 Å². The van der Waals surface area contributed by atoms with E-state index in [-0.39, 0.29) is 17.3 Å². The molecule has 4 rings (SSSR count). The summed E-state index contributed by atoms with van der Waals surface area (Å²) in [5.74, 6) is 0.528. The maximum Gasteiger partial charge on any atom is 0.264 e. The van der Waals surface area contributed by atoms with Gasteiger partial charge in [0.15, 0.2) is 0 Å². The SMILES string of the molecule is COc1ccccc1N1CCN(C(=O)CN(c2ccc(Cl)cc2)S(=O)(=O)c2ccc(C)cc2)CC1. The molecule has 1 heterocycles. The lowest BCUT2D eigenvalue weighted by atomic mass is 10.2. The van der Waals surface area contributed by atoms with E-state index < -0.39 is 10.0 Å². The van der Waals surface area contributed by atoms with Gasteiger partial charge in [-0.2, -0.15) is 0 Å². The molecule has 0 aliphatic carbocycles. The first-order chi connectivity index (χ1) is 16.8. The molecule has 0 atom stereocenters. The highest BCUT2D eigenvalue weighted by Gasteiger charge is 2.30. The Morgan fingerprint density at radius 1 is 0.943 bits per heavy atom. The van der Waals surface area contributed by atoms with E-state index in [0.29, 0.717) is 36.9 Å². The lowest BCUT2D eigenvalue weighted by Crippen LogP contribution is -2.52. The zero-order valence-electron chi connectivity index (χ0n) is 19.7. The van der Waals surface area contributed by atoms with Gasteiger partial charge in [-0.1, -0.05) is 41.4 Å². The molecule has 1 aliphatic heterocycles. The molecule has 35 heavy (non-hydrogen) atoms. The summed E-state index contributed by atoms with van der Waals surface area (Å²) < 4.78 is 33.7. The van der Waals surface area contributed by atoms with Crippen molar-refractivity contribution >= 4 is 38.9 Å². The maximum atomic E-state index is 13.6. The number of rotatable bonds is 7. The number of methoxy groups -OCH3 is 1. The van der Waals surface area contributed by atoms with Crippen LogP contribution in [0.5, 0.6) is 5.75 Å². The molecule has 1 saturated heterocycles. The zero-order valence-corrected chi connectivity index (χ0v) is 21.3. The third-order valence-corrected chi connectivity index (χ3v) is 8.10. The van der Waals surface area contributed by atoms with Gasteiger partial charge in [-0.3, -0.25) is 9.10 Å². The topological polar surface area (TPSA) is 70.2 Å². The molecule has 3 aromatic carbocycles. The molecule has 0 N–H and O–H groups in total. The van der Waals surface area contributed by atoms with E-state index in [0.717, 1.165) is 21.3 Å². The number of nitrogens with zero attached hydrogens (tertiary/aromatic N) is 3. The lowest BCUT2D eigenvalue weighted by Gasteiger charge is -2.37. The second kappa shape index (κ2) is 10.6. The van der Waals surface area contributed by atoms with Crippen LogP contribution in [0.15, 0.2) is 77.7 Å². The molecule has 1 amide bonds. The van der Waals surface area contributed by atoms with Crippen molar-refractivity contribution in [2.45, 2.75) is 11.8 Å². The summed E-state index contributed by atoms with van der Waals surface area (Å²) in [6, 6.07) is 20.8. The van der Waals surface area contributed by atoms with Crippen molar-refractivity contribution in [3.05, 3.63) is 83.4 Å². The normalized spacial score (nSPS) is 14.0. The summed E-state index contributed by atoms with van der Waals surface area (Å²) >= 11 is 6.02. The van der Waals surface area contributed by atoms with Gasteiger partial charge in [-0.15, -0.1) is 0 Å². The largest absolute Gasteiger partial charge is 0.495 e. The minimum Gasteiger partial charge on any atom is -0.495 e. The Morgan fingerprint density at radius 3 is 2.20 bits per heavy atom. The summed E-state index contributed by atoms with van der Waals surface area (Å²) in [5, 5.41) is 0.486. The minimum atomic E-state index is -3.96. The van der Waals surface area contributed by atoms with Gasteiger partial charge in [0.2, 0.25) is 5.91 Å². The number of benzene rings is 3. The van der Waals surface area contributed by atoms with Crippen molar-refractivity contribution in [3.63, 3.8) is 0 Å². The third kappa shape index (κ3) is 5.55. The number of carbonyl (C=O) groups is 1. The number of hydrogen-bond acceptors (Lipinski definition) is 5. The quantitative estimate of drug-likeness (QED) is 0.473. The molecule has 0 spiro atoms. The van der Waals surface area contributed by atoms with Crippen LogP contribution in [0.25, 0.3) is 0 Å². The van der Waals surface area contributed by atoms with Gasteiger partial charge in [0.1, 0.15) is 12.3 Å². The molecule has 0 unspecified atom stereocenters. The first kappa shape index (κ1) is 24.9. The van der Waals surface area contributed by atoms with Crippen LogP contribution >= 0.6 is 11.6 Å². The first-order valence-corrected chi connectivity index (χ1v) is 13.1. The second-order valence-electron chi connectivity index (χ2n) is 8.34. The van der Waals surface area contributed by atoms with E-state index in [9.17, 15) is 13.2 Å². The summed E-state index contributed by atoms with van der Waals surface area (Å²) in [6.45, 7) is 3.80. The standard InChI is InChI=1S/C26H28ClN3O4S/c1-20-7-13-23(14-8-20)35(32,33)30(22-11-9-21(27)10-12-22)19-26(31)29-17-15-28(16-18-29)24-5-3-4-6-25(24)34-2/h3-14H,15-19H2,1-2H3. The molecule has 0 aromatic heterocycles. The molecule has 3 aromatic rings. The van der Waals surface area contributed by atoms with Crippen LogP contribution in [0.1, 0.15) is 5.56 Å². The Balaban J connectivity index is 1.53. The Bertz CT molecular complexity index is 1270. The minimum absolute atomic E-state index is 0.131. The number of piperazine rings is 1. The predicted octanol–water partition coefficient (Wildman–Crippen LogP) is 4.20. The fourth-order valence-electron chi connectivity index (χ4n) is 4.07. The van der Waals surface area contributed by atoms with Crippen LogP contribution in [0.2, 0.25) is 5.02 Å². The number of hydrogen-bond donors (Lipinski definition) is 0. The number of ether oxygens (including phenoxy) is 1. The molecule has 0 radical (unpaired) electrons. The van der Waals surface area contributed by atoms with E-state index in [1.54, 1.807) is 60.5 Å². The van der Waals surface area contributed by atoms with E-state index >= 15 is 0 Å². The molecule has 7 nitrogen and oxygen atoms in total. The average molecular weight is 514 g/mol. The highest BCUT2D eigenvalue weighted by Crippen LogP contribution is 2.29. The first-order valence-electron chi connectivity index (χ1n) is 11.3. The van der Waals surface area contributed by atoms with Crippen molar-refractivity contribution in [1.29, 1.82) is 0 Å². The molecule has 9 heteroatoms. The van der Waals surface area contributed by atoms with Gasteiger partial charge in [-0.05, 0) is 55.5 Å². The number of halogens is 1. The van der Waals surface area contributed by atoms with Gasteiger partial charge < -0.3 is 14.5 Å². The lowest BCUT2D eigenvalue weighted by molar-refractivity contribution is -0.129. The fourth-order valence-corrected chi connectivity index (χ4v) is 5.61. The Hall–Kier alpha value is -3.23. The van der Waals surface area contributed by atoms with Crippen molar-refractivity contribution < 1.29 is 17.9 Å². The molecule has 184 valence electrons. The van der Waals surface area contributed by atoms with Gasteiger partial charge in [0.05, 0.1) is 23.4 Å². The summed E-state index contributed by atoms with van der Waals surface area (Å²) in [7, 11) is -2.33. The second-order valence-corrected chi connectivity index (χ2v) is 10.6. The highest BCUT2D eigenvalue weighted by atomic mass is 35.5. The van der Waals surface area contributed by atoms with Gasteiger partial charge in [0.25, 0.3) is 10.0 Å². The number of aryl methyl sites for hydroxylation is 1. The van der Waals surface area contributed by atoms with Crippen LogP contribution in [0.4, 0.5) is 11.4 Å². The Morgan fingerprint density at radius 2 is 1.57 bits per heavy atom. The molecule has 0 saturated carbocycles. The summed E-state index contributed by atoms with van der Waals surface area (Å²) in [5.41, 5.74) is 2.31. The molecular weight excluding hydrogens is 486 g/mol. The third-order valence-electron chi connectivity index (χ3n) is 6.06. The smallest absolute Gasteiger partial charge is 0.264 e. The summed E-state index contributed by atoms with van der Waals surface area (Å²) in [4.78, 5) is 17.3.